The summed E-state index contributed by atoms with van der Waals surface area (Å²) in [6.45, 7) is 6.40. The number of nitrogens with one attached hydrogen (secondary N) is 2. The van der Waals surface area contributed by atoms with Crippen molar-refractivity contribution in [3.05, 3.63) is 41.6 Å². The number of aryl methyl sites for hydroxylation is 2. The molecule has 3 aromatic rings. The first-order valence-electron chi connectivity index (χ1n) is 8.19. The van der Waals surface area contributed by atoms with Crippen LogP contribution in [0.5, 0.6) is 0 Å². The van der Waals surface area contributed by atoms with Crippen LogP contribution in [0.25, 0.3) is 11.0 Å². The maximum absolute atomic E-state index is 12.7. The molecule has 0 saturated heterocycles. The van der Waals surface area contributed by atoms with E-state index >= 15 is 0 Å². The van der Waals surface area contributed by atoms with E-state index in [0.29, 0.717) is 24.7 Å². The number of anilines is 1. The third kappa shape index (κ3) is 3.56. The molecule has 2 aromatic heterocycles. The van der Waals surface area contributed by atoms with Crippen LogP contribution in [0.4, 0.5) is 5.82 Å². The Bertz CT molecular complexity index is 880. The second kappa shape index (κ2) is 6.68. The highest BCUT2D eigenvalue weighted by molar-refractivity contribution is 6.01. The molecule has 132 valence electrons. The molecule has 0 aliphatic carbocycles. The fourth-order valence-electron chi connectivity index (χ4n) is 2.67. The third-order valence-corrected chi connectivity index (χ3v) is 4.14. The van der Waals surface area contributed by atoms with Crippen LogP contribution < -0.4 is 5.32 Å². The van der Waals surface area contributed by atoms with E-state index in [9.17, 15) is 4.79 Å². The first-order chi connectivity index (χ1) is 11.9. The summed E-state index contributed by atoms with van der Waals surface area (Å²) in [5, 5.41) is 15.2. The van der Waals surface area contributed by atoms with Crippen molar-refractivity contribution in [2.75, 3.05) is 11.9 Å². The Hall–Kier alpha value is -2.67. The van der Waals surface area contributed by atoms with Crippen LogP contribution in [0.3, 0.4) is 0 Å². The average molecular weight is 341 g/mol. The number of benzene rings is 1. The quantitative estimate of drug-likeness (QED) is 0.722. The Morgan fingerprint density at radius 2 is 2.04 bits per heavy atom. The lowest BCUT2D eigenvalue weighted by Crippen LogP contribution is -2.35. The number of ether oxygens (including phenoxy) is 1. The maximum atomic E-state index is 12.7. The Balaban J connectivity index is 1.64. The van der Waals surface area contributed by atoms with Crippen LogP contribution in [0.15, 0.2) is 30.3 Å². The smallest absolute Gasteiger partial charge is 0.233 e. The SMILES string of the molecule is Cc1nn(C)c2n[nH]c(NC(=O)C(C)(C)COCc3ccccc3)c12. The second-order valence-corrected chi connectivity index (χ2v) is 6.82. The van der Waals surface area contributed by atoms with Gasteiger partial charge in [0.1, 0.15) is 5.82 Å². The Morgan fingerprint density at radius 1 is 1.32 bits per heavy atom. The minimum absolute atomic E-state index is 0.130. The van der Waals surface area contributed by atoms with E-state index in [1.165, 1.54) is 0 Å². The van der Waals surface area contributed by atoms with E-state index in [1.54, 1.807) is 4.68 Å². The van der Waals surface area contributed by atoms with E-state index in [1.807, 2.05) is 58.2 Å². The number of H-pyrrole nitrogens is 1. The highest BCUT2D eigenvalue weighted by Crippen LogP contribution is 2.26. The van der Waals surface area contributed by atoms with Gasteiger partial charge in [-0.05, 0) is 26.3 Å². The minimum Gasteiger partial charge on any atom is -0.376 e. The van der Waals surface area contributed by atoms with Gasteiger partial charge in [-0.15, -0.1) is 0 Å². The highest BCUT2D eigenvalue weighted by Gasteiger charge is 2.29. The van der Waals surface area contributed by atoms with E-state index in [2.05, 4.69) is 20.6 Å². The first kappa shape index (κ1) is 17.2. The molecular formula is C18H23N5O2. The Labute approximate surface area is 146 Å². The fourth-order valence-corrected chi connectivity index (χ4v) is 2.67. The van der Waals surface area contributed by atoms with Crippen LogP contribution in [0, 0.1) is 12.3 Å². The van der Waals surface area contributed by atoms with Crippen molar-refractivity contribution >= 4 is 22.8 Å². The predicted octanol–water partition coefficient (Wildman–Crippen LogP) is 2.79. The zero-order chi connectivity index (χ0) is 18.0. The van der Waals surface area contributed by atoms with E-state index in [-0.39, 0.29) is 5.91 Å². The topological polar surface area (TPSA) is 84.8 Å². The third-order valence-electron chi connectivity index (χ3n) is 4.14. The maximum Gasteiger partial charge on any atom is 0.233 e. The van der Waals surface area contributed by atoms with Gasteiger partial charge in [-0.3, -0.25) is 9.89 Å². The molecule has 7 heteroatoms. The van der Waals surface area contributed by atoms with Crippen molar-refractivity contribution in [1.29, 1.82) is 0 Å². The molecule has 0 fully saturated rings. The summed E-state index contributed by atoms with van der Waals surface area (Å²) in [6, 6.07) is 9.90. The number of aromatic amines is 1. The van der Waals surface area contributed by atoms with Gasteiger partial charge in [-0.25, -0.2) is 4.68 Å². The van der Waals surface area contributed by atoms with Crippen molar-refractivity contribution in [1.82, 2.24) is 20.0 Å². The largest absolute Gasteiger partial charge is 0.376 e. The number of fused-ring (bicyclic) bond motifs is 1. The predicted molar refractivity (Wildman–Crippen MR) is 96.1 cm³/mol. The molecule has 0 radical (unpaired) electrons. The van der Waals surface area contributed by atoms with E-state index in [0.717, 1.165) is 16.6 Å². The highest BCUT2D eigenvalue weighted by atomic mass is 16.5. The van der Waals surface area contributed by atoms with Crippen molar-refractivity contribution < 1.29 is 9.53 Å². The summed E-state index contributed by atoms with van der Waals surface area (Å²) >= 11 is 0. The van der Waals surface area contributed by atoms with Crippen molar-refractivity contribution in [2.45, 2.75) is 27.4 Å². The van der Waals surface area contributed by atoms with Gasteiger partial charge in [-0.2, -0.15) is 10.2 Å². The minimum atomic E-state index is -0.678. The van der Waals surface area contributed by atoms with Gasteiger partial charge in [0.25, 0.3) is 0 Å². The van der Waals surface area contributed by atoms with E-state index in [4.69, 9.17) is 4.74 Å². The van der Waals surface area contributed by atoms with Crippen molar-refractivity contribution in [3.8, 4) is 0 Å². The zero-order valence-electron chi connectivity index (χ0n) is 15.0. The summed E-state index contributed by atoms with van der Waals surface area (Å²) in [4.78, 5) is 12.7. The molecule has 0 aliphatic rings. The van der Waals surface area contributed by atoms with Crippen LogP contribution in [-0.2, 0) is 23.2 Å². The van der Waals surface area contributed by atoms with Crippen LogP contribution in [0.1, 0.15) is 25.1 Å². The molecule has 0 bridgehead atoms. The molecule has 0 aliphatic heterocycles. The molecule has 0 atom stereocenters. The number of hydrogen-bond acceptors (Lipinski definition) is 4. The van der Waals surface area contributed by atoms with E-state index < -0.39 is 5.41 Å². The number of amides is 1. The average Bonchev–Trinajstić information content (AvgIpc) is 3.11. The first-order valence-corrected chi connectivity index (χ1v) is 8.19. The molecule has 1 aromatic carbocycles. The molecule has 25 heavy (non-hydrogen) atoms. The Kier molecular flexibility index (Phi) is 4.59. The molecule has 1 amide bonds. The number of carbonyl (C=O) groups is 1. The molecular weight excluding hydrogens is 318 g/mol. The lowest BCUT2D eigenvalue weighted by atomic mass is 9.93. The van der Waals surface area contributed by atoms with Gasteiger partial charge in [0.15, 0.2) is 5.65 Å². The molecule has 0 unspecified atom stereocenters. The summed E-state index contributed by atoms with van der Waals surface area (Å²) in [7, 11) is 1.82. The molecule has 0 saturated carbocycles. The van der Waals surface area contributed by atoms with Crippen molar-refractivity contribution in [2.24, 2.45) is 12.5 Å². The van der Waals surface area contributed by atoms with Crippen molar-refractivity contribution in [3.63, 3.8) is 0 Å². The van der Waals surface area contributed by atoms with Gasteiger partial charge in [-0.1, -0.05) is 30.3 Å². The second-order valence-electron chi connectivity index (χ2n) is 6.82. The van der Waals surface area contributed by atoms with Crippen LogP contribution >= 0.6 is 0 Å². The van der Waals surface area contributed by atoms with Gasteiger partial charge in [0, 0.05) is 7.05 Å². The van der Waals surface area contributed by atoms with Gasteiger partial charge in [0.05, 0.1) is 29.7 Å². The lowest BCUT2D eigenvalue weighted by molar-refractivity contribution is -0.127. The monoisotopic (exact) mass is 341 g/mol. The standard InChI is InChI=1S/C18H23N5O2/c1-12-14-15(20-21-16(14)23(4)22-12)19-17(24)18(2,3)11-25-10-13-8-6-5-7-9-13/h5-9H,10-11H2,1-4H3,(H2,19,20,21,24). The summed E-state index contributed by atoms with van der Waals surface area (Å²) in [6.07, 6.45) is 0. The van der Waals surface area contributed by atoms with Gasteiger partial charge < -0.3 is 10.1 Å². The fraction of sp³-hybridized carbons (Fsp3) is 0.389. The van der Waals surface area contributed by atoms with Crippen LogP contribution in [-0.4, -0.2) is 32.5 Å². The summed E-state index contributed by atoms with van der Waals surface area (Å²) in [5.41, 5.74) is 1.94. The lowest BCUT2D eigenvalue weighted by Gasteiger charge is -2.23. The summed E-state index contributed by atoms with van der Waals surface area (Å²) in [5.74, 6) is 0.441. The number of hydrogen-bond donors (Lipinski definition) is 2. The zero-order valence-corrected chi connectivity index (χ0v) is 15.0. The number of aromatic nitrogens is 4. The van der Waals surface area contributed by atoms with Gasteiger partial charge >= 0.3 is 0 Å². The van der Waals surface area contributed by atoms with Crippen LogP contribution in [0.2, 0.25) is 0 Å². The number of rotatable bonds is 6. The number of nitrogens with zero attached hydrogens (tertiary/aromatic N) is 3. The Morgan fingerprint density at radius 3 is 2.76 bits per heavy atom. The summed E-state index contributed by atoms with van der Waals surface area (Å²) < 4.78 is 7.42. The molecule has 3 rings (SSSR count). The normalized spacial score (nSPS) is 11.8. The number of carbonyl (C=O) groups excluding carboxylic acids is 1. The molecule has 7 nitrogen and oxygen atoms in total. The molecule has 2 N–H and O–H groups in total. The molecule has 2 heterocycles. The van der Waals surface area contributed by atoms with Gasteiger partial charge in [0.2, 0.25) is 5.91 Å². The molecule has 0 spiro atoms.